The zero-order valence-corrected chi connectivity index (χ0v) is 16.0. The molecule has 0 bridgehead atoms. The van der Waals surface area contributed by atoms with Gasteiger partial charge in [-0.1, -0.05) is 0 Å². The molecule has 0 radical (unpaired) electrons. The lowest BCUT2D eigenvalue weighted by Gasteiger charge is -2.40. The average Bonchev–Trinajstić information content (AvgIpc) is 3.10. The Morgan fingerprint density at radius 3 is 2.36 bits per heavy atom. The van der Waals surface area contributed by atoms with Crippen LogP contribution in [-0.2, 0) is 4.74 Å². The number of rotatable bonds is 4. The number of hydrogen-bond acceptors (Lipinski definition) is 4. The number of likely N-dealkylation sites (tertiary alicyclic amines) is 1. The van der Waals surface area contributed by atoms with Gasteiger partial charge in [0, 0.05) is 31.6 Å². The molecule has 1 aromatic heterocycles. The fraction of sp³-hybridized carbons (Fsp3) is 0.650. The molecule has 154 valence electrons. The third-order valence-electron chi connectivity index (χ3n) is 6.14. The first kappa shape index (κ1) is 19.5. The van der Waals surface area contributed by atoms with Gasteiger partial charge < -0.3 is 14.4 Å². The van der Waals surface area contributed by atoms with Gasteiger partial charge in [-0.15, -0.1) is 13.2 Å². The summed E-state index contributed by atoms with van der Waals surface area (Å²) in [5.41, 5.74) is 0.855. The van der Waals surface area contributed by atoms with E-state index < -0.39 is 6.36 Å². The summed E-state index contributed by atoms with van der Waals surface area (Å²) in [4.78, 5) is 2.59. The number of halogens is 3. The van der Waals surface area contributed by atoms with Gasteiger partial charge in [0.2, 0.25) is 0 Å². The average molecular weight is 397 g/mol. The molecule has 5 nitrogen and oxygen atoms in total. The van der Waals surface area contributed by atoms with Crippen molar-refractivity contribution in [3.63, 3.8) is 0 Å². The Balaban J connectivity index is 1.39. The van der Waals surface area contributed by atoms with E-state index in [1.807, 2.05) is 4.68 Å². The van der Waals surface area contributed by atoms with Crippen LogP contribution in [0.4, 0.5) is 13.2 Å². The van der Waals surface area contributed by atoms with Crippen LogP contribution >= 0.6 is 0 Å². The number of ether oxygens (including phenoxy) is 2. The molecule has 2 fully saturated rings. The minimum absolute atomic E-state index is 0.207. The highest BCUT2D eigenvalue weighted by Crippen LogP contribution is 2.32. The van der Waals surface area contributed by atoms with E-state index in [1.54, 1.807) is 19.4 Å². The number of methoxy groups -OCH3 is 1. The van der Waals surface area contributed by atoms with Crippen molar-refractivity contribution >= 4 is 10.9 Å². The fourth-order valence-electron chi connectivity index (χ4n) is 4.66. The van der Waals surface area contributed by atoms with E-state index in [1.165, 1.54) is 25.0 Å². The molecule has 2 aliphatic rings. The van der Waals surface area contributed by atoms with Gasteiger partial charge in [0.1, 0.15) is 5.75 Å². The van der Waals surface area contributed by atoms with E-state index >= 15 is 0 Å². The molecule has 2 heterocycles. The molecule has 0 atom stereocenters. The highest BCUT2D eigenvalue weighted by molar-refractivity contribution is 5.80. The third kappa shape index (κ3) is 4.27. The van der Waals surface area contributed by atoms with Gasteiger partial charge in [-0.3, -0.25) is 4.68 Å². The van der Waals surface area contributed by atoms with Crippen LogP contribution < -0.4 is 4.74 Å². The van der Waals surface area contributed by atoms with Crippen LogP contribution in [0.5, 0.6) is 5.75 Å². The molecule has 0 unspecified atom stereocenters. The Kier molecular flexibility index (Phi) is 5.51. The van der Waals surface area contributed by atoms with Gasteiger partial charge in [-0.25, -0.2) is 0 Å². The smallest absolute Gasteiger partial charge is 0.406 e. The number of alkyl halides is 3. The van der Waals surface area contributed by atoms with E-state index in [4.69, 9.17) is 4.74 Å². The summed E-state index contributed by atoms with van der Waals surface area (Å²) >= 11 is 0. The molecule has 1 aromatic carbocycles. The molecule has 1 aliphatic carbocycles. The predicted molar refractivity (Wildman–Crippen MR) is 99.3 cm³/mol. The van der Waals surface area contributed by atoms with E-state index in [9.17, 15) is 13.2 Å². The zero-order chi connectivity index (χ0) is 19.7. The highest BCUT2D eigenvalue weighted by Gasteiger charge is 2.32. The highest BCUT2D eigenvalue weighted by atomic mass is 19.4. The summed E-state index contributed by atoms with van der Waals surface area (Å²) in [6.45, 7) is 2.06. The standard InChI is InChI=1S/C20H26F3N3O2/c1-27-17-4-2-15(3-5-17)25-10-8-16(9-11-25)26-19-7-6-18(28-20(21,22)23)12-14(19)13-24-26/h6-7,12-13,15-17H,2-5,8-11H2,1H3. The number of benzene rings is 1. The number of hydrogen-bond donors (Lipinski definition) is 0. The second-order valence-electron chi connectivity index (χ2n) is 7.79. The molecule has 28 heavy (non-hydrogen) atoms. The number of fused-ring (bicyclic) bond motifs is 1. The van der Waals surface area contributed by atoms with E-state index in [0.717, 1.165) is 44.3 Å². The van der Waals surface area contributed by atoms with Crippen molar-refractivity contribution in [1.82, 2.24) is 14.7 Å². The minimum Gasteiger partial charge on any atom is -0.406 e. The molecule has 1 saturated heterocycles. The molecular weight excluding hydrogens is 371 g/mol. The van der Waals surface area contributed by atoms with Crippen LogP contribution in [0.2, 0.25) is 0 Å². The van der Waals surface area contributed by atoms with E-state index in [0.29, 0.717) is 17.5 Å². The van der Waals surface area contributed by atoms with Gasteiger partial charge >= 0.3 is 6.36 Å². The van der Waals surface area contributed by atoms with Gasteiger partial charge in [0.25, 0.3) is 0 Å². The summed E-state index contributed by atoms with van der Waals surface area (Å²) in [6, 6.07) is 5.34. The van der Waals surface area contributed by atoms with Crippen molar-refractivity contribution < 1.29 is 22.6 Å². The Morgan fingerprint density at radius 2 is 1.71 bits per heavy atom. The monoisotopic (exact) mass is 397 g/mol. The number of nitrogens with zero attached hydrogens (tertiary/aromatic N) is 3. The van der Waals surface area contributed by atoms with E-state index in [-0.39, 0.29) is 11.8 Å². The van der Waals surface area contributed by atoms with Crippen LogP contribution in [0, 0.1) is 0 Å². The van der Waals surface area contributed by atoms with Crippen LogP contribution in [0.3, 0.4) is 0 Å². The molecule has 1 aliphatic heterocycles. The van der Waals surface area contributed by atoms with E-state index in [2.05, 4.69) is 14.7 Å². The Morgan fingerprint density at radius 1 is 1.00 bits per heavy atom. The molecule has 0 spiro atoms. The molecule has 2 aromatic rings. The topological polar surface area (TPSA) is 39.5 Å². The summed E-state index contributed by atoms with van der Waals surface area (Å²) in [6.07, 6.45) is 4.00. The third-order valence-corrected chi connectivity index (χ3v) is 6.14. The Labute approximate surface area is 162 Å². The quantitative estimate of drug-likeness (QED) is 0.760. The first-order valence-corrected chi connectivity index (χ1v) is 9.93. The van der Waals surface area contributed by atoms with Crippen LogP contribution in [0.1, 0.15) is 44.6 Å². The molecule has 8 heteroatoms. The SMILES string of the molecule is COC1CCC(N2CCC(n3ncc4cc(OC(F)(F)F)ccc43)CC2)CC1. The van der Waals surface area contributed by atoms with Crippen LogP contribution in [0.25, 0.3) is 10.9 Å². The molecular formula is C20H26F3N3O2. The van der Waals surface area contributed by atoms with Crippen molar-refractivity contribution in [2.75, 3.05) is 20.2 Å². The van der Waals surface area contributed by atoms with Crippen LogP contribution in [0.15, 0.2) is 24.4 Å². The zero-order valence-electron chi connectivity index (χ0n) is 16.0. The maximum absolute atomic E-state index is 12.4. The number of aromatic nitrogens is 2. The molecule has 4 rings (SSSR count). The molecule has 0 amide bonds. The first-order chi connectivity index (χ1) is 13.4. The minimum atomic E-state index is -4.68. The van der Waals surface area contributed by atoms with Gasteiger partial charge in [0.15, 0.2) is 0 Å². The summed E-state index contributed by atoms with van der Waals surface area (Å²) in [7, 11) is 1.79. The fourth-order valence-corrected chi connectivity index (χ4v) is 4.66. The van der Waals surface area contributed by atoms with Crippen molar-refractivity contribution in [2.24, 2.45) is 0 Å². The first-order valence-electron chi connectivity index (χ1n) is 9.93. The van der Waals surface area contributed by atoms with Crippen molar-refractivity contribution in [3.05, 3.63) is 24.4 Å². The Bertz CT molecular complexity index is 792. The lowest BCUT2D eigenvalue weighted by molar-refractivity contribution is -0.274. The summed E-state index contributed by atoms with van der Waals surface area (Å²) in [5.74, 6) is -0.207. The summed E-state index contributed by atoms with van der Waals surface area (Å²) < 4.78 is 48.7. The normalized spacial score (nSPS) is 25.3. The number of piperidine rings is 1. The second kappa shape index (κ2) is 7.91. The lowest BCUT2D eigenvalue weighted by Crippen LogP contribution is -2.44. The molecule has 0 N–H and O–H groups in total. The van der Waals surface area contributed by atoms with Crippen molar-refractivity contribution in [1.29, 1.82) is 0 Å². The van der Waals surface area contributed by atoms with Gasteiger partial charge in [0.05, 0.1) is 23.9 Å². The lowest BCUT2D eigenvalue weighted by atomic mass is 9.90. The second-order valence-corrected chi connectivity index (χ2v) is 7.79. The van der Waals surface area contributed by atoms with Crippen molar-refractivity contribution in [2.45, 2.75) is 63.1 Å². The van der Waals surface area contributed by atoms with Gasteiger partial charge in [-0.2, -0.15) is 5.10 Å². The van der Waals surface area contributed by atoms with Crippen LogP contribution in [-0.4, -0.2) is 53.4 Å². The maximum Gasteiger partial charge on any atom is 0.573 e. The predicted octanol–water partition coefficient (Wildman–Crippen LogP) is 4.53. The Hall–Kier alpha value is -1.80. The van der Waals surface area contributed by atoms with Gasteiger partial charge in [-0.05, 0) is 56.7 Å². The molecule has 1 saturated carbocycles. The maximum atomic E-state index is 12.4. The van der Waals surface area contributed by atoms with Crippen molar-refractivity contribution in [3.8, 4) is 5.75 Å². The largest absolute Gasteiger partial charge is 0.573 e. The summed E-state index contributed by atoms with van der Waals surface area (Å²) in [5, 5.41) is 5.13.